The number of aromatic nitrogens is 2. The van der Waals surface area contributed by atoms with E-state index in [0.717, 1.165) is 37.7 Å². The highest BCUT2D eigenvalue weighted by Crippen LogP contribution is 2.19. The van der Waals surface area contributed by atoms with Crippen LogP contribution < -0.4 is 10.2 Å². The molecule has 1 aliphatic rings. The van der Waals surface area contributed by atoms with Crippen LogP contribution in [0.15, 0.2) is 12.4 Å². The van der Waals surface area contributed by atoms with E-state index in [-0.39, 0.29) is 0 Å². The minimum atomic E-state index is 0.703. The largest absolute Gasteiger partial charge is 0.355 e. The van der Waals surface area contributed by atoms with E-state index >= 15 is 0 Å². The Morgan fingerprint density at radius 1 is 1.32 bits per heavy atom. The summed E-state index contributed by atoms with van der Waals surface area (Å²) < 4.78 is 0. The molecule has 1 aliphatic heterocycles. The Morgan fingerprint density at radius 3 is 2.68 bits per heavy atom. The second kappa shape index (κ2) is 6.82. The topological polar surface area (TPSA) is 44.3 Å². The van der Waals surface area contributed by atoms with E-state index in [4.69, 9.17) is 4.98 Å². The monoisotopic (exact) mass is 263 g/mol. The molecule has 1 saturated heterocycles. The summed E-state index contributed by atoms with van der Waals surface area (Å²) in [4.78, 5) is 13.7. The number of nitrogens with one attached hydrogen (secondary N) is 1. The first-order valence-corrected chi connectivity index (χ1v) is 7.13. The van der Waals surface area contributed by atoms with E-state index in [9.17, 15) is 0 Å². The highest BCUT2D eigenvalue weighted by molar-refractivity contribution is 5.37. The molecule has 0 unspecified atom stereocenters. The Balaban J connectivity index is 1.95. The Kier molecular flexibility index (Phi) is 5.10. The van der Waals surface area contributed by atoms with Crippen molar-refractivity contribution in [2.75, 3.05) is 38.6 Å². The number of rotatable bonds is 5. The fraction of sp³-hybridized carbons (Fsp3) is 0.714. The number of hydrogen-bond acceptors (Lipinski definition) is 5. The van der Waals surface area contributed by atoms with Gasteiger partial charge in [-0.05, 0) is 33.5 Å². The number of anilines is 1. The fourth-order valence-corrected chi connectivity index (χ4v) is 2.50. The first-order valence-electron chi connectivity index (χ1n) is 7.13. The van der Waals surface area contributed by atoms with Gasteiger partial charge in [0.05, 0.1) is 11.9 Å². The molecule has 2 heterocycles. The van der Waals surface area contributed by atoms with Crippen molar-refractivity contribution in [2.45, 2.75) is 32.4 Å². The molecule has 2 rings (SSSR count). The van der Waals surface area contributed by atoms with Gasteiger partial charge in [0.2, 0.25) is 0 Å². The van der Waals surface area contributed by atoms with Gasteiger partial charge >= 0.3 is 0 Å². The molecular weight excluding hydrogens is 238 g/mol. The van der Waals surface area contributed by atoms with Gasteiger partial charge in [-0.3, -0.25) is 4.98 Å². The van der Waals surface area contributed by atoms with Crippen LogP contribution in [0, 0.1) is 0 Å². The summed E-state index contributed by atoms with van der Waals surface area (Å²) in [5.41, 5.74) is 1.02. The van der Waals surface area contributed by atoms with E-state index < -0.39 is 0 Å². The minimum absolute atomic E-state index is 0.703. The van der Waals surface area contributed by atoms with Crippen molar-refractivity contribution < 1.29 is 0 Å². The Labute approximate surface area is 116 Å². The second-order valence-corrected chi connectivity index (χ2v) is 5.33. The third-order valence-electron chi connectivity index (χ3n) is 3.75. The van der Waals surface area contributed by atoms with Crippen molar-refractivity contribution in [1.29, 1.82) is 0 Å². The van der Waals surface area contributed by atoms with Gasteiger partial charge in [0.15, 0.2) is 0 Å². The average Bonchev–Trinajstić information content (AvgIpc) is 2.45. The van der Waals surface area contributed by atoms with E-state index in [1.807, 2.05) is 12.4 Å². The van der Waals surface area contributed by atoms with Crippen LogP contribution in [0.3, 0.4) is 0 Å². The highest BCUT2D eigenvalue weighted by atomic mass is 15.2. The molecule has 1 aromatic rings. The van der Waals surface area contributed by atoms with Gasteiger partial charge in [-0.2, -0.15) is 0 Å². The molecule has 5 heteroatoms. The summed E-state index contributed by atoms with van der Waals surface area (Å²) in [6.07, 6.45) is 6.13. The van der Waals surface area contributed by atoms with Crippen LogP contribution in [0.5, 0.6) is 0 Å². The molecule has 1 fully saturated rings. The van der Waals surface area contributed by atoms with Gasteiger partial charge in [-0.25, -0.2) is 4.98 Å². The van der Waals surface area contributed by atoms with Gasteiger partial charge in [0.1, 0.15) is 5.82 Å². The summed E-state index contributed by atoms with van der Waals surface area (Å²) in [6.45, 7) is 6.00. The molecule has 0 bridgehead atoms. The van der Waals surface area contributed by atoms with Crippen LogP contribution >= 0.6 is 0 Å². The predicted molar refractivity (Wildman–Crippen MR) is 78.3 cm³/mol. The van der Waals surface area contributed by atoms with Gasteiger partial charge < -0.3 is 15.1 Å². The minimum Gasteiger partial charge on any atom is -0.355 e. The van der Waals surface area contributed by atoms with Crippen LogP contribution in [0.4, 0.5) is 5.82 Å². The molecule has 5 nitrogen and oxygen atoms in total. The van der Waals surface area contributed by atoms with E-state index in [1.54, 1.807) is 0 Å². The number of hydrogen-bond donors (Lipinski definition) is 1. The summed E-state index contributed by atoms with van der Waals surface area (Å²) >= 11 is 0. The average molecular weight is 263 g/mol. The second-order valence-electron chi connectivity index (χ2n) is 5.33. The molecule has 0 saturated carbocycles. The Hall–Kier alpha value is -1.20. The molecule has 0 amide bonds. The Bertz CT molecular complexity index is 385. The summed E-state index contributed by atoms with van der Waals surface area (Å²) in [5, 5.41) is 3.29. The number of nitrogens with zero attached hydrogens (tertiary/aromatic N) is 4. The quantitative estimate of drug-likeness (QED) is 0.862. The molecule has 0 aliphatic carbocycles. The lowest BCUT2D eigenvalue weighted by Crippen LogP contribution is -2.42. The first kappa shape index (κ1) is 14.2. The Morgan fingerprint density at radius 2 is 2.05 bits per heavy atom. The standard InChI is InChI=1S/C14H25N5/c1-4-15-9-12-10-16-11-14(17-12)19-7-5-13(6-8-19)18(2)3/h10-11,13,15H,4-9H2,1-3H3. The van der Waals surface area contributed by atoms with Crippen molar-refractivity contribution >= 4 is 5.82 Å². The molecule has 1 aromatic heterocycles. The van der Waals surface area contributed by atoms with Crippen LogP contribution in [-0.4, -0.2) is 54.6 Å². The van der Waals surface area contributed by atoms with Crippen LogP contribution in [0.2, 0.25) is 0 Å². The molecule has 0 aromatic carbocycles. The summed E-state index contributed by atoms with van der Waals surface area (Å²) in [7, 11) is 4.33. The van der Waals surface area contributed by atoms with Crippen LogP contribution in [0.25, 0.3) is 0 Å². The zero-order chi connectivity index (χ0) is 13.7. The summed E-state index contributed by atoms with van der Waals surface area (Å²) in [6, 6.07) is 0.703. The molecule has 1 N–H and O–H groups in total. The SMILES string of the molecule is CCNCc1cncc(N2CCC(N(C)C)CC2)n1. The summed E-state index contributed by atoms with van der Waals surface area (Å²) in [5.74, 6) is 1.02. The van der Waals surface area contributed by atoms with Crippen molar-refractivity contribution in [3.63, 3.8) is 0 Å². The maximum Gasteiger partial charge on any atom is 0.147 e. The zero-order valence-electron chi connectivity index (χ0n) is 12.3. The van der Waals surface area contributed by atoms with E-state index in [2.05, 4.69) is 41.1 Å². The lowest BCUT2D eigenvalue weighted by molar-refractivity contribution is 0.249. The third-order valence-corrected chi connectivity index (χ3v) is 3.75. The normalized spacial score (nSPS) is 17.2. The maximum atomic E-state index is 4.69. The van der Waals surface area contributed by atoms with E-state index in [0.29, 0.717) is 6.04 Å². The smallest absolute Gasteiger partial charge is 0.147 e. The lowest BCUT2D eigenvalue weighted by atomic mass is 10.0. The van der Waals surface area contributed by atoms with E-state index in [1.165, 1.54) is 12.8 Å². The van der Waals surface area contributed by atoms with Gasteiger partial charge in [-0.1, -0.05) is 6.92 Å². The van der Waals surface area contributed by atoms with Gasteiger partial charge in [-0.15, -0.1) is 0 Å². The first-order chi connectivity index (χ1) is 9.20. The molecular formula is C14H25N5. The van der Waals surface area contributed by atoms with Crippen molar-refractivity contribution in [2.24, 2.45) is 0 Å². The van der Waals surface area contributed by atoms with Crippen LogP contribution in [-0.2, 0) is 6.54 Å². The molecule has 0 atom stereocenters. The van der Waals surface area contributed by atoms with Gasteiger partial charge in [0, 0.05) is 31.9 Å². The predicted octanol–water partition coefficient (Wildman–Crippen LogP) is 1.12. The number of piperidine rings is 1. The van der Waals surface area contributed by atoms with Crippen molar-refractivity contribution in [3.8, 4) is 0 Å². The van der Waals surface area contributed by atoms with Crippen molar-refractivity contribution in [3.05, 3.63) is 18.1 Å². The highest BCUT2D eigenvalue weighted by Gasteiger charge is 2.21. The van der Waals surface area contributed by atoms with Crippen LogP contribution in [0.1, 0.15) is 25.5 Å². The lowest BCUT2D eigenvalue weighted by Gasteiger charge is -2.35. The van der Waals surface area contributed by atoms with Crippen molar-refractivity contribution in [1.82, 2.24) is 20.2 Å². The fourth-order valence-electron chi connectivity index (χ4n) is 2.50. The zero-order valence-corrected chi connectivity index (χ0v) is 12.3. The molecule has 0 spiro atoms. The molecule has 0 radical (unpaired) electrons. The van der Waals surface area contributed by atoms with Gasteiger partial charge in [0.25, 0.3) is 0 Å². The molecule has 19 heavy (non-hydrogen) atoms. The third kappa shape index (κ3) is 3.88. The molecule has 106 valence electrons. The maximum absolute atomic E-state index is 4.69.